The number of hydrogen-bond acceptors (Lipinski definition) is 8. The lowest BCUT2D eigenvalue weighted by Gasteiger charge is -2.37. The maximum atomic E-state index is 14.6. The van der Waals surface area contributed by atoms with Crippen molar-refractivity contribution in [3.63, 3.8) is 0 Å². The Hall–Kier alpha value is -4.25. The molecule has 1 unspecified atom stereocenters. The van der Waals surface area contributed by atoms with Gasteiger partial charge in [-0.15, -0.1) is 0 Å². The second kappa shape index (κ2) is 12.8. The average Bonchev–Trinajstić information content (AvgIpc) is 3.30. The zero-order valence-electron chi connectivity index (χ0n) is 23.2. The predicted octanol–water partition coefficient (Wildman–Crippen LogP) is 3.87. The van der Waals surface area contributed by atoms with E-state index < -0.39 is 66.9 Å². The van der Waals surface area contributed by atoms with Gasteiger partial charge in [0.2, 0.25) is 17.8 Å². The summed E-state index contributed by atoms with van der Waals surface area (Å²) < 4.78 is 42.3. The Kier molecular flexibility index (Phi) is 9.05. The van der Waals surface area contributed by atoms with Gasteiger partial charge in [0, 0.05) is 47.8 Å². The van der Waals surface area contributed by atoms with Gasteiger partial charge in [0.05, 0.1) is 0 Å². The molecule has 230 valence electrons. The molecule has 2 fully saturated rings. The monoisotopic (exact) mass is 628 g/mol. The van der Waals surface area contributed by atoms with Crippen molar-refractivity contribution in [1.82, 2.24) is 15.3 Å². The Morgan fingerprint density at radius 2 is 1.86 bits per heavy atom. The summed E-state index contributed by atoms with van der Waals surface area (Å²) >= 11 is 6.54. The van der Waals surface area contributed by atoms with Gasteiger partial charge in [0.15, 0.2) is 6.23 Å². The lowest BCUT2D eigenvalue weighted by atomic mass is 9.91. The van der Waals surface area contributed by atoms with Crippen molar-refractivity contribution in [2.24, 2.45) is 0 Å². The number of nitrogens with one attached hydrogen (secondary N) is 1. The molecule has 2 aliphatic rings. The van der Waals surface area contributed by atoms with Crippen molar-refractivity contribution >= 4 is 35.1 Å². The number of amides is 2. The van der Waals surface area contributed by atoms with Crippen LogP contribution in [0.1, 0.15) is 49.4 Å². The van der Waals surface area contributed by atoms with E-state index in [2.05, 4.69) is 15.3 Å². The number of alkyl halides is 2. The Balaban J connectivity index is 1.60. The Morgan fingerprint density at radius 3 is 2.55 bits per heavy atom. The largest absolute Gasteiger partial charge is 0.388 e. The molecule has 4 atom stereocenters. The van der Waals surface area contributed by atoms with E-state index in [1.165, 1.54) is 36.5 Å². The van der Waals surface area contributed by atoms with Crippen LogP contribution in [0.2, 0.25) is 5.02 Å². The summed E-state index contributed by atoms with van der Waals surface area (Å²) in [5.74, 6) is -5.40. The van der Waals surface area contributed by atoms with Gasteiger partial charge in [-0.2, -0.15) is 5.26 Å². The first kappa shape index (κ1) is 31.2. The maximum Gasteiger partial charge on any atom is 0.251 e. The number of benzene rings is 2. The van der Waals surface area contributed by atoms with Crippen molar-refractivity contribution < 1.29 is 33.0 Å². The highest BCUT2D eigenvalue weighted by molar-refractivity contribution is 6.31. The SMILES string of the molecule is N#Cc1ccnc(N2C(O)[C@H](O)C[C@H]2C(=O)N(c2cccc(F)c2)[C@H](C(=O)NC2CCC(F)(F)CC2)c2ccccc2Cl)n1. The van der Waals surface area contributed by atoms with Crippen LogP contribution in [0.5, 0.6) is 0 Å². The lowest BCUT2D eigenvalue weighted by Crippen LogP contribution is -2.54. The molecule has 0 radical (unpaired) electrons. The molecule has 10 nitrogen and oxygen atoms in total. The van der Waals surface area contributed by atoms with Gasteiger partial charge in [0.25, 0.3) is 5.91 Å². The highest BCUT2D eigenvalue weighted by Crippen LogP contribution is 2.38. The molecule has 2 amide bonds. The Labute approximate surface area is 255 Å². The van der Waals surface area contributed by atoms with E-state index >= 15 is 0 Å². The summed E-state index contributed by atoms with van der Waals surface area (Å²) in [7, 11) is 0. The van der Waals surface area contributed by atoms with Crippen LogP contribution < -0.4 is 15.1 Å². The number of aliphatic hydroxyl groups excluding tert-OH is 2. The van der Waals surface area contributed by atoms with Crippen LogP contribution in [0.25, 0.3) is 0 Å². The normalized spacial score (nSPS) is 22.2. The molecular weight excluding hydrogens is 601 g/mol. The molecule has 3 N–H and O–H groups in total. The fraction of sp³-hybridized carbons (Fsp3) is 0.367. The number of carbonyl (C=O) groups excluding carboxylic acids is 2. The number of rotatable bonds is 7. The van der Waals surface area contributed by atoms with Crippen molar-refractivity contribution in [3.05, 3.63) is 82.9 Å². The number of aliphatic hydroxyl groups is 2. The zero-order valence-corrected chi connectivity index (χ0v) is 23.9. The molecule has 5 rings (SSSR count). The second-order valence-corrected chi connectivity index (χ2v) is 11.2. The zero-order chi connectivity index (χ0) is 31.6. The van der Waals surface area contributed by atoms with E-state index in [1.54, 1.807) is 12.1 Å². The van der Waals surface area contributed by atoms with E-state index in [0.717, 1.165) is 21.9 Å². The second-order valence-electron chi connectivity index (χ2n) is 10.7. The van der Waals surface area contributed by atoms with Gasteiger partial charge in [-0.25, -0.2) is 23.1 Å². The van der Waals surface area contributed by atoms with Crippen LogP contribution in [0.4, 0.5) is 24.8 Å². The van der Waals surface area contributed by atoms with E-state index in [4.69, 9.17) is 11.6 Å². The van der Waals surface area contributed by atoms with Gasteiger partial charge < -0.3 is 20.4 Å². The van der Waals surface area contributed by atoms with Gasteiger partial charge in [0.1, 0.15) is 35.8 Å². The van der Waals surface area contributed by atoms with Crippen LogP contribution in [-0.2, 0) is 9.59 Å². The molecule has 0 bridgehead atoms. The molecule has 3 aromatic rings. The molecule has 1 aromatic heterocycles. The standard InChI is InChI=1S/C30H28ClF3N6O4/c31-22-7-2-1-6-21(22)25(26(42)37-18-8-11-30(33,34)12-9-18)39(20-5-3-4-17(32)14-20)27(43)23-15-24(41)28(44)40(23)29-36-13-10-19(16-35)38-29/h1-7,10,13-14,18,23-25,28,41,44H,8-9,11-12,15H2,(H,37,42)/t23-,24+,25-,28?/m0/s1. The summed E-state index contributed by atoms with van der Waals surface area (Å²) in [5, 5.41) is 33.7. The molecule has 0 spiro atoms. The van der Waals surface area contributed by atoms with Crippen LogP contribution in [-0.4, -0.2) is 62.3 Å². The molecular formula is C30H28ClF3N6O4. The van der Waals surface area contributed by atoms with Gasteiger partial charge in [-0.1, -0.05) is 35.9 Å². The minimum atomic E-state index is -2.84. The summed E-state index contributed by atoms with van der Waals surface area (Å²) in [5.41, 5.74) is 0.0507. The van der Waals surface area contributed by atoms with Gasteiger partial charge >= 0.3 is 0 Å². The van der Waals surface area contributed by atoms with E-state index in [1.807, 2.05) is 6.07 Å². The first-order valence-electron chi connectivity index (χ1n) is 13.9. The predicted molar refractivity (Wildman–Crippen MR) is 153 cm³/mol. The number of halogens is 4. The molecule has 44 heavy (non-hydrogen) atoms. The third-order valence-electron chi connectivity index (χ3n) is 7.80. The van der Waals surface area contributed by atoms with Crippen molar-refractivity contribution in [3.8, 4) is 6.07 Å². The molecule has 1 aliphatic carbocycles. The molecule has 14 heteroatoms. The number of anilines is 2. The topological polar surface area (TPSA) is 143 Å². The smallest absolute Gasteiger partial charge is 0.251 e. The number of carbonyl (C=O) groups is 2. The number of nitrogens with zero attached hydrogens (tertiary/aromatic N) is 5. The van der Waals surface area contributed by atoms with Crippen LogP contribution in [0.15, 0.2) is 60.8 Å². The van der Waals surface area contributed by atoms with Crippen molar-refractivity contribution in [1.29, 1.82) is 5.26 Å². The third-order valence-corrected chi connectivity index (χ3v) is 8.14. The first-order valence-corrected chi connectivity index (χ1v) is 14.3. The van der Waals surface area contributed by atoms with Crippen molar-refractivity contribution in [2.45, 2.75) is 68.5 Å². The maximum absolute atomic E-state index is 14.6. The molecule has 1 saturated heterocycles. The summed E-state index contributed by atoms with van der Waals surface area (Å²) in [6.45, 7) is 0. The highest BCUT2D eigenvalue weighted by atomic mass is 35.5. The number of hydrogen-bond donors (Lipinski definition) is 3. The van der Waals surface area contributed by atoms with Crippen molar-refractivity contribution in [2.75, 3.05) is 9.80 Å². The van der Waals surface area contributed by atoms with Crippen LogP contribution in [0, 0.1) is 17.1 Å². The fourth-order valence-electron chi connectivity index (χ4n) is 5.60. The van der Waals surface area contributed by atoms with Gasteiger partial charge in [-0.3, -0.25) is 14.5 Å². The summed E-state index contributed by atoms with van der Waals surface area (Å²) in [6.07, 6.45) is -3.04. The third kappa shape index (κ3) is 6.47. The quantitative estimate of drug-likeness (QED) is 0.358. The van der Waals surface area contributed by atoms with E-state index in [0.29, 0.717) is 0 Å². The molecule has 2 aromatic carbocycles. The number of aromatic nitrogens is 2. The van der Waals surface area contributed by atoms with E-state index in [9.17, 15) is 38.2 Å². The average molecular weight is 629 g/mol. The molecule has 1 aliphatic heterocycles. The van der Waals surface area contributed by atoms with Gasteiger partial charge in [-0.05, 0) is 43.2 Å². The minimum Gasteiger partial charge on any atom is -0.388 e. The summed E-state index contributed by atoms with van der Waals surface area (Å²) in [4.78, 5) is 38.9. The fourth-order valence-corrected chi connectivity index (χ4v) is 5.83. The molecule has 2 heterocycles. The Morgan fingerprint density at radius 1 is 1.14 bits per heavy atom. The molecule has 1 saturated carbocycles. The minimum absolute atomic E-state index is 0.00323. The van der Waals surface area contributed by atoms with Crippen LogP contribution >= 0.6 is 11.6 Å². The van der Waals surface area contributed by atoms with Crippen LogP contribution in [0.3, 0.4) is 0 Å². The summed E-state index contributed by atoms with van der Waals surface area (Å²) in [6, 6.07) is 10.8. The Bertz CT molecular complexity index is 1580. The van der Waals surface area contributed by atoms with E-state index in [-0.39, 0.29) is 47.2 Å². The number of nitriles is 1. The first-order chi connectivity index (χ1) is 21.0. The highest BCUT2D eigenvalue weighted by Gasteiger charge is 2.49. The lowest BCUT2D eigenvalue weighted by molar-refractivity contribution is -0.128.